The van der Waals surface area contributed by atoms with Crippen LogP contribution in [-0.4, -0.2) is 22.5 Å². The molecule has 15 heavy (non-hydrogen) atoms. The molecule has 80 valence electrons. The second-order valence-corrected chi connectivity index (χ2v) is 2.74. The molecule has 4 nitrogen and oxygen atoms in total. The third-order valence-corrected chi connectivity index (χ3v) is 1.56. The van der Waals surface area contributed by atoms with Gasteiger partial charge in [0.2, 0.25) is 0 Å². The Morgan fingerprint density at radius 3 is 3.07 bits per heavy atom. The summed E-state index contributed by atoms with van der Waals surface area (Å²) in [5.74, 6) is -0.644. The van der Waals surface area contributed by atoms with E-state index in [0.717, 1.165) is 12.3 Å². The molecule has 0 saturated carbocycles. The summed E-state index contributed by atoms with van der Waals surface area (Å²) in [6.07, 6.45) is 3.46. The molecule has 0 aliphatic heterocycles. The molecule has 1 heterocycles. The van der Waals surface area contributed by atoms with Gasteiger partial charge in [0.05, 0.1) is 12.8 Å². The van der Waals surface area contributed by atoms with E-state index in [2.05, 4.69) is 14.7 Å². The van der Waals surface area contributed by atoms with Gasteiger partial charge in [-0.3, -0.25) is 0 Å². The van der Waals surface area contributed by atoms with Crippen LogP contribution in [0.2, 0.25) is 0 Å². The Balaban J connectivity index is 2.79. The fourth-order valence-electron chi connectivity index (χ4n) is 0.927. The van der Waals surface area contributed by atoms with Gasteiger partial charge in [-0.2, -0.15) is 0 Å². The molecule has 0 fully saturated rings. The molecule has 0 N–H and O–H groups in total. The van der Waals surface area contributed by atoms with Crippen molar-refractivity contribution < 1.29 is 13.9 Å². The van der Waals surface area contributed by atoms with Crippen molar-refractivity contribution in [2.75, 3.05) is 6.61 Å². The Hall–Kier alpha value is -1.78. The van der Waals surface area contributed by atoms with Crippen LogP contribution in [0, 0.1) is 12.7 Å². The molecule has 1 aromatic rings. The van der Waals surface area contributed by atoms with Gasteiger partial charge >= 0.3 is 5.97 Å². The van der Waals surface area contributed by atoms with E-state index in [-0.39, 0.29) is 12.3 Å². The lowest BCUT2D eigenvalue weighted by Gasteiger charge is -1.97. The first-order valence-corrected chi connectivity index (χ1v) is 4.47. The SMILES string of the molecule is CCOC(=O)/C=C/c1nc(C)ncc1F. The van der Waals surface area contributed by atoms with Gasteiger partial charge in [-0.15, -0.1) is 0 Å². The van der Waals surface area contributed by atoms with Crippen molar-refractivity contribution in [3.8, 4) is 0 Å². The summed E-state index contributed by atoms with van der Waals surface area (Å²) in [7, 11) is 0. The predicted molar refractivity (Wildman–Crippen MR) is 52.4 cm³/mol. The minimum atomic E-state index is -0.568. The van der Waals surface area contributed by atoms with E-state index >= 15 is 0 Å². The Morgan fingerprint density at radius 1 is 1.67 bits per heavy atom. The summed E-state index contributed by atoms with van der Waals surface area (Å²) in [6, 6.07) is 0. The summed E-state index contributed by atoms with van der Waals surface area (Å²) >= 11 is 0. The topological polar surface area (TPSA) is 52.1 Å². The van der Waals surface area contributed by atoms with Gasteiger partial charge in [0, 0.05) is 6.08 Å². The van der Waals surface area contributed by atoms with Crippen molar-refractivity contribution in [2.45, 2.75) is 13.8 Å². The van der Waals surface area contributed by atoms with Crippen LogP contribution in [-0.2, 0) is 9.53 Å². The van der Waals surface area contributed by atoms with E-state index in [0.29, 0.717) is 5.82 Å². The summed E-state index contributed by atoms with van der Waals surface area (Å²) in [6.45, 7) is 3.62. The molecule has 0 radical (unpaired) electrons. The van der Waals surface area contributed by atoms with Gasteiger partial charge in [-0.1, -0.05) is 0 Å². The number of ether oxygens (including phenoxy) is 1. The first kappa shape index (κ1) is 11.3. The van der Waals surface area contributed by atoms with Crippen LogP contribution >= 0.6 is 0 Å². The molecule has 0 atom stereocenters. The zero-order chi connectivity index (χ0) is 11.3. The van der Waals surface area contributed by atoms with Crippen LogP contribution in [0.4, 0.5) is 4.39 Å². The number of nitrogens with zero attached hydrogens (tertiary/aromatic N) is 2. The highest BCUT2D eigenvalue weighted by Crippen LogP contribution is 2.04. The molecular formula is C10H11FN2O2. The summed E-state index contributed by atoms with van der Waals surface area (Å²) in [4.78, 5) is 18.4. The first-order valence-electron chi connectivity index (χ1n) is 4.47. The Bertz CT molecular complexity index is 391. The molecule has 0 saturated heterocycles. The van der Waals surface area contributed by atoms with Gasteiger partial charge < -0.3 is 4.74 Å². The fraction of sp³-hybridized carbons (Fsp3) is 0.300. The normalized spacial score (nSPS) is 10.6. The van der Waals surface area contributed by atoms with Crippen molar-refractivity contribution in [2.24, 2.45) is 0 Å². The van der Waals surface area contributed by atoms with Gasteiger partial charge in [0.25, 0.3) is 0 Å². The Morgan fingerprint density at radius 2 is 2.40 bits per heavy atom. The smallest absolute Gasteiger partial charge is 0.330 e. The molecule has 0 aliphatic carbocycles. The van der Waals surface area contributed by atoms with Crippen molar-refractivity contribution >= 4 is 12.0 Å². The average molecular weight is 210 g/mol. The maximum atomic E-state index is 13.1. The van der Waals surface area contributed by atoms with Gasteiger partial charge in [0.15, 0.2) is 5.82 Å². The zero-order valence-corrected chi connectivity index (χ0v) is 8.53. The highest BCUT2D eigenvalue weighted by Gasteiger charge is 2.02. The van der Waals surface area contributed by atoms with E-state index in [4.69, 9.17) is 0 Å². The van der Waals surface area contributed by atoms with Crippen LogP contribution in [0.15, 0.2) is 12.3 Å². The number of rotatable bonds is 3. The summed E-state index contributed by atoms with van der Waals surface area (Å²) in [5.41, 5.74) is 0.0792. The maximum Gasteiger partial charge on any atom is 0.330 e. The Labute approximate surface area is 86.8 Å². The molecule has 0 spiro atoms. The number of aromatic nitrogens is 2. The van der Waals surface area contributed by atoms with Gasteiger partial charge in [0.1, 0.15) is 11.5 Å². The van der Waals surface area contributed by atoms with Crippen LogP contribution in [0.25, 0.3) is 6.08 Å². The van der Waals surface area contributed by atoms with Crippen LogP contribution in [0.5, 0.6) is 0 Å². The Kier molecular flexibility index (Phi) is 3.91. The third kappa shape index (κ3) is 3.46. The number of hydrogen-bond donors (Lipinski definition) is 0. The molecule has 0 unspecified atom stereocenters. The third-order valence-electron chi connectivity index (χ3n) is 1.56. The molecule has 0 aliphatic rings. The minimum absolute atomic E-state index is 0.0792. The second kappa shape index (κ2) is 5.19. The average Bonchev–Trinajstić information content (AvgIpc) is 2.20. The lowest BCUT2D eigenvalue weighted by molar-refractivity contribution is -0.137. The molecule has 1 aromatic heterocycles. The molecule has 1 rings (SSSR count). The largest absolute Gasteiger partial charge is 0.463 e. The van der Waals surface area contributed by atoms with Crippen LogP contribution < -0.4 is 0 Å². The van der Waals surface area contributed by atoms with E-state index in [9.17, 15) is 9.18 Å². The standard InChI is InChI=1S/C10H11FN2O2/c1-3-15-10(14)5-4-9-8(11)6-12-7(2)13-9/h4-6H,3H2,1-2H3/b5-4+. The van der Waals surface area contributed by atoms with Crippen molar-refractivity contribution in [1.29, 1.82) is 0 Å². The lowest BCUT2D eigenvalue weighted by atomic mass is 10.3. The number of hydrogen-bond acceptors (Lipinski definition) is 4. The lowest BCUT2D eigenvalue weighted by Crippen LogP contribution is -2.00. The number of aryl methyl sites for hydroxylation is 1. The maximum absolute atomic E-state index is 13.1. The number of carbonyl (C=O) groups excluding carboxylic acids is 1. The first-order chi connectivity index (χ1) is 7.13. The number of carbonyl (C=O) groups is 1. The molecule has 0 amide bonds. The fourth-order valence-corrected chi connectivity index (χ4v) is 0.927. The van der Waals surface area contributed by atoms with Crippen molar-refractivity contribution in [1.82, 2.24) is 9.97 Å². The van der Waals surface area contributed by atoms with Gasteiger partial charge in [-0.05, 0) is 19.9 Å². The molecule has 5 heteroatoms. The van der Waals surface area contributed by atoms with E-state index in [1.807, 2.05) is 0 Å². The summed E-state index contributed by atoms with van der Waals surface area (Å²) < 4.78 is 17.7. The van der Waals surface area contributed by atoms with Crippen LogP contribution in [0.3, 0.4) is 0 Å². The van der Waals surface area contributed by atoms with Crippen molar-refractivity contribution in [3.05, 3.63) is 29.6 Å². The molecular weight excluding hydrogens is 199 g/mol. The van der Waals surface area contributed by atoms with E-state index in [1.54, 1.807) is 13.8 Å². The number of halogens is 1. The monoisotopic (exact) mass is 210 g/mol. The molecule has 0 bridgehead atoms. The number of esters is 1. The van der Waals surface area contributed by atoms with Crippen molar-refractivity contribution in [3.63, 3.8) is 0 Å². The highest BCUT2D eigenvalue weighted by molar-refractivity contribution is 5.86. The highest BCUT2D eigenvalue weighted by atomic mass is 19.1. The van der Waals surface area contributed by atoms with E-state index in [1.165, 1.54) is 6.08 Å². The predicted octanol–water partition coefficient (Wildman–Crippen LogP) is 1.50. The zero-order valence-electron chi connectivity index (χ0n) is 8.53. The quantitative estimate of drug-likeness (QED) is 0.560. The van der Waals surface area contributed by atoms with Gasteiger partial charge in [-0.25, -0.2) is 19.2 Å². The minimum Gasteiger partial charge on any atom is -0.463 e. The van der Waals surface area contributed by atoms with Crippen LogP contribution in [0.1, 0.15) is 18.4 Å². The molecule has 0 aromatic carbocycles. The summed E-state index contributed by atoms with van der Waals surface area (Å²) in [5, 5.41) is 0. The van der Waals surface area contributed by atoms with E-state index < -0.39 is 11.8 Å². The second-order valence-electron chi connectivity index (χ2n) is 2.74.